The lowest BCUT2D eigenvalue weighted by molar-refractivity contribution is -0.123. The van der Waals surface area contributed by atoms with Gasteiger partial charge in [0.1, 0.15) is 6.42 Å². The molecular weight excluding hydrogens is 356 g/mol. The second-order valence-electron chi connectivity index (χ2n) is 5.61. The van der Waals surface area contributed by atoms with Crippen LogP contribution in [0.2, 0.25) is 0 Å². The fraction of sp³-hybridized carbons (Fsp3) is 0.222. The molecule has 0 atom stereocenters. The van der Waals surface area contributed by atoms with Gasteiger partial charge in [0.15, 0.2) is 0 Å². The molecular formula is C18H19BrN2O2. The first-order valence-electron chi connectivity index (χ1n) is 7.27. The standard InChI is InChI=1S/C18H19BrN2O2/c1-11-6-12(2)8-15(7-11)20-17(22)10-18(23)21-16-5-4-14(19)9-13(16)3/h4-9H,10H2,1-3H3,(H,20,22)(H,21,23). The van der Waals surface area contributed by atoms with Gasteiger partial charge < -0.3 is 10.6 Å². The Bertz CT molecular complexity index is 736. The molecule has 0 aliphatic rings. The molecule has 2 aromatic carbocycles. The van der Waals surface area contributed by atoms with E-state index < -0.39 is 0 Å². The van der Waals surface area contributed by atoms with Crippen molar-refractivity contribution in [3.63, 3.8) is 0 Å². The van der Waals surface area contributed by atoms with E-state index in [1.54, 1.807) is 6.07 Å². The van der Waals surface area contributed by atoms with Crippen LogP contribution in [0.4, 0.5) is 11.4 Å². The lowest BCUT2D eigenvalue weighted by Crippen LogP contribution is -2.21. The number of halogens is 1. The van der Waals surface area contributed by atoms with Crippen LogP contribution in [0.1, 0.15) is 23.1 Å². The van der Waals surface area contributed by atoms with Gasteiger partial charge in [0.2, 0.25) is 11.8 Å². The van der Waals surface area contributed by atoms with E-state index in [1.165, 1.54) is 0 Å². The molecule has 2 rings (SSSR count). The maximum atomic E-state index is 12.0. The van der Waals surface area contributed by atoms with E-state index in [0.29, 0.717) is 11.4 Å². The summed E-state index contributed by atoms with van der Waals surface area (Å²) in [4.78, 5) is 24.0. The second kappa shape index (κ2) is 7.42. The lowest BCUT2D eigenvalue weighted by Gasteiger charge is -2.10. The van der Waals surface area contributed by atoms with Gasteiger partial charge in [-0.15, -0.1) is 0 Å². The Morgan fingerprint density at radius 3 is 2.13 bits per heavy atom. The smallest absolute Gasteiger partial charge is 0.233 e. The lowest BCUT2D eigenvalue weighted by atomic mass is 10.1. The van der Waals surface area contributed by atoms with Crippen LogP contribution in [-0.2, 0) is 9.59 Å². The van der Waals surface area contributed by atoms with Gasteiger partial charge >= 0.3 is 0 Å². The predicted molar refractivity (Wildman–Crippen MR) is 96.7 cm³/mol. The molecule has 23 heavy (non-hydrogen) atoms. The SMILES string of the molecule is Cc1cc(C)cc(NC(=O)CC(=O)Nc2ccc(Br)cc2C)c1. The zero-order chi connectivity index (χ0) is 17.0. The highest BCUT2D eigenvalue weighted by Gasteiger charge is 2.11. The number of hydrogen-bond acceptors (Lipinski definition) is 2. The van der Waals surface area contributed by atoms with Crippen LogP contribution in [-0.4, -0.2) is 11.8 Å². The van der Waals surface area contributed by atoms with E-state index in [9.17, 15) is 9.59 Å². The topological polar surface area (TPSA) is 58.2 Å². The maximum absolute atomic E-state index is 12.0. The molecule has 2 N–H and O–H groups in total. The maximum Gasteiger partial charge on any atom is 0.233 e. The number of carbonyl (C=O) groups excluding carboxylic acids is 2. The summed E-state index contributed by atoms with van der Waals surface area (Å²) in [6.07, 6.45) is -0.220. The van der Waals surface area contributed by atoms with Gasteiger partial charge in [-0.2, -0.15) is 0 Å². The van der Waals surface area contributed by atoms with Crippen LogP contribution in [0.25, 0.3) is 0 Å². The van der Waals surface area contributed by atoms with Crippen LogP contribution in [0.15, 0.2) is 40.9 Å². The largest absolute Gasteiger partial charge is 0.326 e. The Morgan fingerprint density at radius 1 is 0.913 bits per heavy atom. The molecule has 2 aromatic rings. The first kappa shape index (κ1) is 17.2. The average Bonchev–Trinajstić information content (AvgIpc) is 2.40. The van der Waals surface area contributed by atoms with Gasteiger partial charge in [-0.05, 0) is 67.8 Å². The number of benzene rings is 2. The molecule has 0 fully saturated rings. The van der Waals surface area contributed by atoms with E-state index in [4.69, 9.17) is 0 Å². The summed E-state index contributed by atoms with van der Waals surface area (Å²) in [5.74, 6) is -0.667. The summed E-state index contributed by atoms with van der Waals surface area (Å²) in [6.45, 7) is 5.83. The molecule has 0 radical (unpaired) electrons. The van der Waals surface area contributed by atoms with Crippen LogP contribution in [0, 0.1) is 20.8 Å². The van der Waals surface area contributed by atoms with Gasteiger partial charge in [0.05, 0.1) is 0 Å². The van der Waals surface area contributed by atoms with Crippen LogP contribution in [0.3, 0.4) is 0 Å². The molecule has 0 spiro atoms. The number of rotatable bonds is 4. The minimum absolute atomic E-state index is 0.220. The number of anilines is 2. The Labute approximate surface area is 144 Å². The van der Waals surface area contributed by atoms with Crippen molar-refractivity contribution in [2.24, 2.45) is 0 Å². The summed E-state index contributed by atoms with van der Waals surface area (Å²) in [5, 5.41) is 5.51. The van der Waals surface area contributed by atoms with Crippen LogP contribution >= 0.6 is 15.9 Å². The molecule has 0 heterocycles. The van der Waals surface area contributed by atoms with Crippen molar-refractivity contribution < 1.29 is 9.59 Å². The van der Waals surface area contributed by atoms with Crippen molar-refractivity contribution in [1.82, 2.24) is 0 Å². The van der Waals surface area contributed by atoms with Crippen molar-refractivity contribution in [2.45, 2.75) is 27.2 Å². The van der Waals surface area contributed by atoms with Crippen molar-refractivity contribution in [1.29, 1.82) is 0 Å². The van der Waals surface area contributed by atoms with Crippen molar-refractivity contribution in [3.8, 4) is 0 Å². The molecule has 0 aliphatic carbocycles. The highest BCUT2D eigenvalue weighted by atomic mass is 79.9. The Morgan fingerprint density at radius 2 is 1.52 bits per heavy atom. The predicted octanol–water partition coefficient (Wildman–Crippen LogP) is 4.34. The number of hydrogen-bond donors (Lipinski definition) is 2. The Kier molecular flexibility index (Phi) is 5.55. The molecule has 0 bridgehead atoms. The van der Waals surface area contributed by atoms with E-state index in [1.807, 2.05) is 51.1 Å². The zero-order valence-electron chi connectivity index (χ0n) is 13.4. The number of amides is 2. The second-order valence-corrected chi connectivity index (χ2v) is 6.52. The van der Waals surface area contributed by atoms with Gasteiger partial charge in [-0.1, -0.05) is 22.0 Å². The summed E-state index contributed by atoms with van der Waals surface area (Å²) < 4.78 is 0.945. The number of aryl methyl sites for hydroxylation is 3. The third-order valence-corrected chi connectivity index (χ3v) is 3.78. The van der Waals surface area contributed by atoms with E-state index in [2.05, 4.69) is 26.6 Å². The number of nitrogens with one attached hydrogen (secondary N) is 2. The summed E-state index contributed by atoms with van der Waals surface area (Å²) in [7, 11) is 0. The van der Waals surface area contributed by atoms with Gasteiger partial charge in [0, 0.05) is 15.8 Å². The first-order chi connectivity index (χ1) is 10.8. The Balaban J connectivity index is 1.95. The third-order valence-electron chi connectivity index (χ3n) is 3.29. The molecule has 0 aliphatic heterocycles. The minimum atomic E-state index is -0.336. The van der Waals surface area contributed by atoms with Crippen molar-refractivity contribution in [3.05, 3.63) is 57.6 Å². The average molecular weight is 375 g/mol. The van der Waals surface area contributed by atoms with Crippen molar-refractivity contribution >= 4 is 39.1 Å². The zero-order valence-corrected chi connectivity index (χ0v) is 15.0. The van der Waals surface area contributed by atoms with Gasteiger partial charge in [-0.3, -0.25) is 9.59 Å². The number of carbonyl (C=O) groups is 2. The normalized spacial score (nSPS) is 10.3. The highest BCUT2D eigenvalue weighted by molar-refractivity contribution is 9.10. The quantitative estimate of drug-likeness (QED) is 0.781. The highest BCUT2D eigenvalue weighted by Crippen LogP contribution is 2.20. The molecule has 5 heteroatoms. The Hall–Kier alpha value is -2.14. The van der Waals surface area contributed by atoms with E-state index in [0.717, 1.165) is 21.2 Å². The monoisotopic (exact) mass is 374 g/mol. The van der Waals surface area contributed by atoms with Gasteiger partial charge in [0.25, 0.3) is 0 Å². The van der Waals surface area contributed by atoms with Crippen LogP contribution in [0.5, 0.6) is 0 Å². The summed E-state index contributed by atoms with van der Waals surface area (Å²) in [6, 6.07) is 11.3. The molecule has 0 saturated heterocycles. The molecule has 2 amide bonds. The fourth-order valence-electron chi connectivity index (χ4n) is 2.36. The first-order valence-corrected chi connectivity index (χ1v) is 8.07. The van der Waals surface area contributed by atoms with E-state index in [-0.39, 0.29) is 18.2 Å². The fourth-order valence-corrected chi connectivity index (χ4v) is 2.84. The third kappa shape index (κ3) is 5.21. The molecule has 4 nitrogen and oxygen atoms in total. The van der Waals surface area contributed by atoms with Crippen molar-refractivity contribution in [2.75, 3.05) is 10.6 Å². The van der Waals surface area contributed by atoms with Gasteiger partial charge in [-0.25, -0.2) is 0 Å². The summed E-state index contributed by atoms with van der Waals surface area (Å²) in [5.41, 5.74) is 4.48. The molecule has 0 saturated carbocycles. The molecule has 0 unspecified atom stereocenters. The van der Waals surface area contributed by atoms with E-state index >= 15 is 0 Å². The summed E-state index contributed by atoms with van der Waals surface area (Å²) >= 11 is 3.37. The van der Waals surface area contributed by atoms with Crippen LogP contribution < -0.4 is 10.6 Å². The minimum Gasteiger partial charge on any atom is -0.326 e. The molecule has 120 valence electrons. The molecule has 0 aromatic heterocycles.